The second kappa shape index (κ2) is 6.13. The molecule has 0 aromatic carbocycles. The van der Waals surface area contributed by atoms with Crippen LogP contribution in [0.25, 0.3) is 0 Å². The van der Waals surface area contributed by atoms with Crippen LogP contribution < -0.4 is 5.32 Å². The van der Waals surface area contributed by atoms with Gasteiger partial charge in [0.15, 0.2) is 0 Å². The molecular formula is C18H30N2O. The Bertz CT molecular complexity index is 468. The number of nitrogens with zero attached hydrogens (tertiary/aromatic N) is 1. The quantitative estimate of drug-likeness (QED) is 0.862. The van der Waals surface area contributed by atoms with Crippen LogP contribution in [0.5, 0.6) is 0 Å². The molecule has 0 atom stereocenters. The summed E-state index contributed by atoms with van der Waals surface area (Å²) in [5.41, 5.74) is 1.95. The Morgan fingerprint density at radius 1 is 1.33 bits per heavy atom. The first-order valence-corrected chi connectivity index (χ1v) is 8.62. The van der Waals surface area contributed by atoms with E-state index in [1.54, 1.807) is 0 Å². The number of rotatable bonds is 6. The average Bonchev–Trinajstić information content (AvgIpc) is 3.25. The van der Waals surface area contributed by atoms with Gasteiger partial charge in [0.25, 0.3) is 0 Å². The van der Waals surface area contributed by atoms with Crippen LogP contribution in [0.2, 0.25) is 0 Å². The molecule has 3 nitrogen and oxygen atoms in total. The van der Waals surface area contributed by atoms with E-state index in [0.717, 1.165) is 30.7 Å². The van der Waals surface area contributed by atoms with Crippen LogP contribution in [-0.2, 0) is 13.1 Å². The SMILES string of the molecule is CCC1(C)CCN(Cc2cc(CNC3CC3)oc2C)CC1. The van der Waals surface area contributed by atoms with Crippen LogP contribution in [0.15, 0.2) is 10.5 Å². The van der Waals surface area contributed by atoms with E-state index in [1.165, 1.54) is 50.8 Å². The van der Waals surface area contributed by atoms with Gasteiger partial charge in [-0.3, -0.25) is 4.90 Å². The number of piperidine rings is 1. The van der Waals surface area contributed by atoms with E-state index in [2.05, 4.69) is 37.1 Å². The molecule has 21 heavy (non-hydrogen) atoms. The highest BCUT2D eigenvalue weighted by Gasteiger charge is 2.28. The molecule has 3 heteroatoms. The van der Waals surface area contributed by atoms with Crippen LogP contribution >= 0.6 is 0 Å². The molecule has 1 aromatic rings. The summed E-state index contributed by atoms with van der Waals surface area (Å²) in [6.07, 6.45) is 6.63. The van der Waals surface area contributed by atoms with Crippen molar-refractivity contribution in [1.29, 1.82) is 0 Å². The van der Waals surface area contributed by atoms with E-state index < -0.39 is 0 Å². The number of aryl methyl sites for hydroxylation is 1. The van der Waals surface area contributed by atoms with Gasteiger partial charge in [-0.15, -0.1) is 0 Å². The van der Waals surface area contributed by atoms with Crippen molar-refractivity contribution in [3.05, 3.63) is 23.2 Å². The third-order valence-corrected chi connectivity index (χ3v) is 5.52. The monoisotopic (exact) mass is 290 g/mol. The predicted molar refractivity (Wildman–Crippen MR) is 86.2 cm³/mol. The van der Waals surface area contributed by atoms with Gasteiger partial charge in [-0.1, -0.05) is 20.3 Å². The fourth-order valence-electron chi connectivity index (χ4n) is 3.21. The number of likely N-dealkylation sites (tertiary alicyclic amines) is 1. The zero-order valence-corrected chi connectivity index (χ0v) is 13.9. The molecule has 0 spiro atoms. The van der Waals surface area contributed by atoms with E-state index in [-0.39, 0.29) is 0 Å². The summed E-state index contributed by atoms with van der Waals surface area (Å²) >= 11 is 0. The first kappa shape index (κ1) is 15.1. The van der Waals surface area contributed by atoms with E-state index >= 15 is 0 Å². The minimum absolute atomic E-state index is 0.571. The van der Waals surface area contributed by atoms with Gasteiger partial charge in [0, 0.05) is 18.2 Å². The van der Waals surface area contributed by atoms with Gasteiger partial charge in [-0.2, -0.15) is 0 Å². The lowest BCUT2D eigenvalue weighted by Crippen LogP contribution is -2.37. The molecule has 1 aliphatic carbocycles. The van der Waals surface area contributed by atoms with Crippen LogP contribution in [0.3, 0.4) is 0 Å². The second-order valence-electron chi connectivity index (χ2n) is 7.39. The summed E-state index contributed by atoms with van der Waals surface area (Å²) in [5.74, 6) is 2.20. The van der Waals surface area contributed by atoms with Gasteiger partial charge in [-0.05, 0) is 57.2 Å². The first-order chi connectivity index (χ1) is 10.1. The zero-order valence-electron chi connectivity index (χ0n) is 13.9. The van der Waals surface area contributed by atoms with Crippen molar-refractivity contribution in [3.63, 3.8) is 0 Å². The molecular weight excluding hydrogens is 260 g/mol. The third-order valence-electron chi connectivity index (χ3n) is 5.52. The Morgan fingerprint density at radius 3 is 2.67 bits per heavy atom. The molecule has 1 N–H and O–H groups in total. The van der Waals surface area contributed by atoms with E-state index in [9.17, 15) is 0 Å². The minimum atomic E-state index is 0.571. The minimum Gasteiger partial charge on any atom is -0.465 e. The molecule has 0 radical (unpaired) electrons. The maximum atomic E-state index is 5.91. The normalized spacial score (nSPS) is 22.6. The number of hydrogen-bond acceptors (Lipinski definition) is 3. The molecule has 2 fully saturated rings. The van der Waals surface area contributed by atoms with Crippen molar-refractivity contribution in [2.75, 3.05) is 13.1 Å². The average molecular weight is 290 g/mol. The molecule has 1 saturated heterocycles. The molecule has 0 amide bonds. The lowest BCUT2D eigenvalue weighted by molar-refractivity contribution is 0.109. The molecule has 0 unspecified atom stereocenters. The van der Waals surface area contributed by atoms with Gasteiger partial charge in [0.1, 0.15) is 11.5 Å². The zero-order chi connectivity index (χ0) is 14.9. The molecule has 3 rings (SSSR count). The molecule has 0 bridgehead atoms. The predicted octanol–water partition coefficient (Wildman–Crippen LogP) is 3.85. The van der Waals surface area contributed by atoms with Crippen LogP contribution in [-0.4, -0.2) is 24.0 Å². The highest BCUT2D eigenvalue weighted by Crippen LogP contribution is 2.34. The third kappa shape index (κ3) is 3.89. The summed E-state index contributed by atoms with van der Waals surface area (Å²) in [5, 5.41) is 3.53. The summed E-state index contributed by atoms with van der Waals surface area (Å²) in [4.78, 5) is 2.59. The Kier molecular flexibility index (Phi) is 4.41. The summed E-state index contributed by atoms with van der Waals surface area (Å²) in [6, 6.07) is 3.01. The van der Waals surface area contributed by atoms with Crippen molar-refractivity contribution in [2.45, 2.75) is 72.0 Å². The smallest absolute Gasteiger partial charge is 0.118 e. The van der Waals surface area contributed by atoms with Crippen molar-refractivity contribution in [2.24, 2.45) is 5.41 Å². The standard InChI is InChI=1S/C18H30N2O/c1-4-18(3)7-9-20(10-8-18)13-15-11-17(21-14(15)2)12-19-16-5-6-16/h11,16,19H,4-10,12-13H2,1-3H3. The van der Waals surface area contributed by atoms with Crippen LogP contribution in [0, 0.1) is 12.3 Å². The fourth-order valence-corrected chi connectivity index (χ4v) is 3.21. The summed E-state index contributed by atoms with van der Waals surface area (Å²) in [6.45, 7) is 11.3. The van der Waals surface area contributed by atoms with Gasteiger partial charge in [-0.25, -0.2) is 0 Å². The summed E-state index contributed by atoms with van der Waals surface area (Å²) in [7, 11) is 0. The fraction of sp³-hybridized carbons (Fsp3) is 0.778. The molecule has 1 saturated carbocycles. The second-order valence-corrected chi connectivity index (χ2v) is 7.39. The van der Waals surface area contributed by atoms with Gasteiger partial charge < -0.3 is 9.73 Å². The molecule has 1 aromatic heterocycles. The maximum Gasteiger partial charge on any atom is 0.118 e. The highest BCUT2D eigenvalue weighted by molar-refractivity contribution is 5.21. The van der Waals surface area contributed by atoms with Gasteiger partial charge in [0.2, 0.25) is 0 Å². The maximum absolute atomic E-state index is 5.91. The lowest BCUT2D eigenvalue weighted by Gasteiger charge is -2.38. The topological polar surface area (TPSA) is 28.4 Å². The van der Waals surface area contributed by atoms with Crippen molar-refractivity contribution < 1.29 is 4.42 Å². The molecule has 1 aliphatic heterocycles. The van der Waals surface area contributed by atoms with E-state index in [0.29, 0.717) is 5.41 Å². The highest BCUT2D eigenvalue weighted by atomic mass is 16.3. The van der Waals surface area contributed by atoms with Crippen molar-refractivity contribution in [1.82, 2.24) is 10.2 Å². The van der Waals surface area contributed by atoms with Crippen LogP contribution in [0.4, 0.5) is 0 Å². The number of furan rings is 1. The van der Waals surface area contributed by atoms with Gasteiger partial charge in [0.05, 0.1) is 6.54 Å². The van der Waals surface area contributed by atoms with Gasteiger partial charge >= 0.3 is 0 Å². The Morgan fingerprint density at radius 2 is 2.05 bits per heavy atom. The molecule has 2 heterocycles. The first-order valence-electron chi connectivity index (χ1n) is 8.62. The lowest BCUT2D eigenvalue weighted by atomic mass is 9.78. The van der Waals surface area contributed by atoms with Crippen molar-refractivity contribution in [3.8, 4) is 0 Å². The number of hydrogen-bond donors (Lipinski definition) is 1. The van der Waals surface area contributed by atoms with Crippen LogP contribution in [0.1, 0.15) is 63.0 Å². The largest absolute Gasteiger partial charge is 0.465 e. The van der Waals surface area contributed by atoms with E-state index in [1.807, 2.05) is 0 Å². The molecule has 118 valence electrons. The van der Waals surface area contributed by atoms with Crippen molar-refractivity contribution >= 4 is 0 Å². The number of nitrogens with one attached hydrogen (secondary N) is 1. The molecule has 2 aliphatic rings. The Hall–Kier alpha value is -0.800. The van der Waals surface area contributed by atoms with E-state index in [4.69, 9.17) is 4.42 Å². The summed E-state index contributed by atoms with van der Waals surface area (Å²) < 4.78 is 5.91. The Balaban J connectivity index is 1.52. The Labute approximate surface area is 129 Å².